The molecule has 0 spiro atoms. The lowest BCUT2D eigenvalue weighted by atomic mass is 9.94. The van der Waals surface area contributed by atoms with Gasteiger partial charge in [-0.3, -0.25) is 0 Å². The molecule has 1 unspecified atom stereocenters. The van der Waals surface area contributed by atoms with E-state index in [0.717, 1.165) is 12.1 Å². The summed E-state index contributed by atoms with van der Waals surface area (Å²) in [5.41, 5.74) is -3.21. The second-order valence-corrected chi connectivity index (χ2v) is 5.57. The summed E-state index contributed by atoms with van der Waals surface area (Å²) in [6.45, 7) is 1.23. The Balaban J connectivity index is 2.56. The Kier molecular flexibility index (Phi) is 5.49. The fourth-order valence-corrected chi connectivity index (χ4v) is 2.55. The minimum atomic E-state index is -4.95. The molecule has 0 aliphatic carbocycles. The first kappa shape index (κ1) is 20.0. The zero-order valence-electron chi connectivity index (χ0n) is 13.1. The zero-order valence-corrected chi connectivity index (χ0v) is 13.9. The maximum absolute atomic E-state index is 13.3. The summed E-state index contributed by atoms with van der Waals surface area (Å²) in [6.07, 6.45) is -9.55. The normalized spacial score (nSPS) is 18.3. The lowest BCUT2D eigenvalue weighted by Crippen LogP contribution is -2.49. The van der Waals surface area contributed by atoms with Crippen molar-refractivity contribution in [3.63, 3.8) is 0 Å². The van der Waals surface area contributed by atoms with E-state index < -0.39 is 46.3 Å². The summed E-state index contributed by atoms with van der Waals surface area (Å²) in [5.74, 6) is -1.26. The molecule has 2 rings (SSSR count). The van der Waals surface area contributed by atoms with E-state index >= 15 is 0 Å². The van der Waals surface area contributed by atoms with Crippen LogP contribution in [0, 0.1) is 0 Å². The molecule has 0 saturated carbocycles. The predicted molar refractivity (Wildman–Crippen MR) is 82.8 cm³/mol. The van der Waals surface area contributed by atoms with E-state index in [1.54, 1.807) is 0 Å². The van der Waals surface area contributed by atoms with E-state index in [1.807, 2.05) is 5.32 Å². The van der Waals surface area contributed by atoms with Gasteiger partial charge in [0, 0.05) is 0 Å². The molecule has 0 radical (unpaired) electrons. The van der Waals surface area contributed by atoms with E-state index in [-0.39, 0.29) is 12.2 Å². The number of rotatable bonds is 3. The van der Waals surface area contributed by atoms with Crippen LogP contribution in [0.2, 0.25) is 0 Å². The monoisotopic (exact) mass is 398 g/mol. The highest BCUT2D eigenvalue weighted by Gasteiger charge is 2.45. The van der Waals surface area contributed by atoms with Crippen LogP contribution in [-0.4, -0.2) is 23.9 Å². The van der Waals surface area contributed by atoms with Crippen molar-refractivity contribution in [1.82, 2.24) is 10.6 Å². The van der Waals surface area contributed by atoms with Crippen LogP contribution in [0.1, 0.15) is 24.1 Å². The van der Waals surface area contributed by atoms with Crippen molar-refractivity contribution in [3.05, 3.63) is 46.7 Å². The third kappa shape index (κ3) is 4.26. The molecule has 1 atom stereocenters. The molecule has 1 aliphatic heterocycles. The van der Waals surface area contributed by atoms with E-state index in [0.29, 0.717) is 12.1 Å². The van der Waals surface area contributed by atoms with Crippen LogP contribution >= 0.6 is 12.2 Å². The summed E-state index contributed by atoms with van der Waals surface area (Å²) in [4.78, 5) is 12.1. The van der Waals surface area contributed by atoms with Gasteiger partial charge in [0.1, 0.15) is 5.70 Å². The van der Waals surface area contributed by atoms with Crippen molar-refractivity contribution in [2.75, 3.05) is 6.61 Å². The van der Waals surface area contributed by atoms with Gasteiger partial charge in [-0.1, -0.05) is 12.1 Å². The van der Waals surface area contributed by atoms with E-state index in [9.17, 15) is 31.1 Å². The van der Waals surface area contributed by atoms with Gasteiger partial charge in [-0.15, -0.1) is 0 Å². The molecule has 1 aromatic rings. The van der Waals surface area contributed by atoms with Gasteiger partial charge in [-0.05, 0) is 36.8 Å². The van der Waals surface area contributed by atoms with Crippen LogP contribution in [0.4, 0.5) is 26.3 Å². The van der Waals surface area contributed by atoms with Gasteiger partial charge in [0.2, 0.25) is 0 Å². The molecule has 1 aliphatic rings. The number of nitrogens with one attached hydrogen (secondary N) is 2. The molecular formula is C15H12F6N2O2S. The van der Waals surface area contributed by atoms with Crippen LogP contribution in [0.3, 0.4) is 0 Å². The van der Waals surface area contributed by atoms with E-state index in [2.05, 4.69) is 10.1 Å². The summed E-state index contributed by atoms with van der Waals surface area (Å²) in [5, 5.41) is 3.92. The summed E-state index contributed by atoms with van der Waals surface area (Å²) in [7, 11) is 0. The molecule has 2 N–H and O–H groups in total. The number of hydrogen-bond acceptors (Lipinski definition) is 3. The lowest BCUT2D eigenvalue weighted by molar-refractivity contribution is -0.141. The number of esters is 1. The van der Waals surface area contributed by atoms with Crippen LogP contribution in [0.25, 0.3) is 0 Å². The third-order valence-electron chi connectivity index (χ3n) is 3.42. The number of hydrogen-bond donors (Lipinski definition) is 2. The Morgan fingerprint density at radius 3 is 2.15 bits per heavy atom. The van der Waals surface area contributed by atoms with Crippen LogP contribution in [0.15, 0.2) is 35.5 Å². The summed E-state index contributed by atoms with van der Waals surface area (Å²) in [6, 6.07) is 1.95. The molecule has 1 aromatic carbocycles. The molecule has 11 heteroatoms. The highest BCUT2D eigenvalue weighted by Crippen LogP contribution is 2.36. The second kappa shape index (κ2) is 7.14. The molecule has 0 fully saturated rings. The minimum Gasteiger partial charge on any atom is -0.463 e. The molecule has 0 aromatic heterocycles. The number of carbonyl (C=O) groups is 1. The maximum atomic E-state index is 13.3. The van der Waals surface area contributed by atoms with Gasteiger partial charge in [0.15, 0.2) is 5.11 Å². The number of halogens is 6. The molecule has 1 heterocycles. The number of ether oxygens (including phenoxy) is 1. The van der Waals surface area contributed by atoms with Crippen molar-refractivity contribution in [2.24, 2.45) is 0 Å². The Hall–Kier alpha value is -2.30. The fourth-order valence-electron chi connectivity index (χ4n) is 2.33. The molecule has 142 valence electrons. The first-order valence-corrected chi connectivity index (χ1v) is 7.59. The third-order valence-corrected chi connectivity index (χ3v) is 3.64. The summed E-state index contributed by atoms with van der Waals surface area (Å²) < 4.78 is 82.6. The highest BCUT2D eigenvalue weighted by molar-refractivity contribution is 7.80. The van der Waals surface area contributed by atoms with Gasteiger partial charge in [0.05, 0.1) is 23.8 Å². The van der Waals surface area contributed by atoms with Gasteiger partial charge in [-0.2, -0.15) is 26.3 Å². The standard InChI is InChI=1S/C15H12F6N2O2S/c1-2-25-12(24)9-10(22-13(26)23-11(9)15(19,20)21)7-3-5-8(6-4-7)14(16,17)18/h3-6,10H,2H2,1H3,(H2,22,23,26). The van der Waals surface area contributed by atoms with Gasteiger partial charge in [-0.25, -0.2) is 4.79 Å². The number of benzene rings is 1. The van der Waals surface area contributed by atoms with Crippen molar-refractivity contribution < 1.29 is 35.9 Å². The Morgan fingerprint density at radius 2 is 1.69 bits per heavy atom. The smallest absolute Gasteiger partial charge is 0.431 e. The first-order valence-electron chi connectivity index (χ1n) is 7.18. The van der Waals surface area contributed by atoms with Crippen molar-refractivity contribution in [2.45, 2.75) is 25.3 Å². The minimum absolute atomic E-state index is 0.00773. The van der Waals surface area contributed by atoms with Gasteiger partial charge >= 0.3 is 18.3 Å². The van der Waals surface area contributed by atoms with E-state index in [4.69, 9.17) is 12.2 Å². The molecule has 4 nitrogen and oxygen atoms in total. The van der Waals surface area contributed by atoms with Crippen molar-refractivity contribution >= 4 is 23.3 Å². The Bertz CT molecular complexity index is 740. The zero-order chi connectivity index (χ0) is 19.7. The maximum Gasteiger partial charge on any atom is 0.431 e. The second-order valence-electron chi connectivity index (χ2n) is 5.16. The molecular weight excluding hydrogens is 386 g/mol. The van der Waals surface area contributed by atoms with Crippen LogP contribution < -0.4 is 10.6 Å². The van der Waals surface area contributed by atoms with Crippen molar-refractivity contribution in [3.8, 4) is 0 Å². The van der Waals surface area contributed by atoms with Crippen molar-refractivity contribution in [1.29, 1.82) is 0 Å². The van der Waals surface area contributed by atoms with Crippen LogP contribution in [0.5, 0.6) is 0 Å². The average molecular weight is 398 g/mol. The number of alkyl halides is 6. The summed E-state index contributed by atoms with van der Waals surface area (Å²) >= 11 is 4.73. The number of allylic oxidation sites excluding steroid dienone is 1. The number of thiocarbonyl (C=S) groups is 1. The average Bonchev–Trinajstić information content (AvgIpc) is 2.52. The molecule has 0 saturated heterocycles. The van der Waals surface area contributed by atoms with Gasteiger partial charge in [0.25, 0.3) is 0 Å². The topological polar surface area (TPSA) is 50.4 Å². The first-order chi connectivity index (χ1) is 11.9. The lowest BCUT2D eigenvalue weighted by Gasteiger charge is -2.31. The SMILES string of the molecule is CCOC(=O)C1=C(C(F)(F)F)NC(=S)NC1c1ccc(C(F)(F)F)cc1. The van der Waals surface area contributed by atoms with Crippen LogP contribution in [-0.2, 0) is 15.7 Å². The van der Waals surface area contributed by atoms with Gasteiger partial charge < -0.3 is 15.4 Å². The highest BCUT2D eigenvalue weighted by atomic mass is 32.1. The van der Waals surface area contributed by atoms with E-state index in [1.165, 1.54) is 6.92 Å². The fraction of sp³-hybridized carbons (Fsp3) is 0.333. The molecule has 0 bridgehead atoms. The largest absolute Gasteiger partial charge is 0.463 e. The quantitative estimate of drug-likeness (QED) is 0.463. The number of carbonyl (C=O) groups excluding carboxylic acids is 1. The molecule has 26 heavy (non-hydrogen) atoms. The molecule has 0 amide bonds. The Morgan fingerprint density at radius 1 is 1.12 bits per heavy atom. The Labute approximate surface area is 149 Å². The predicted octanol–water partition coefficient (Wildman–Crippen LogP) is 3.60.